The van der Waals surface area contributed by atoms with E-state index in [1.165, 1.54) is 24.2 Å². The molecular formula is C13H18BrNOS2. The summed E-state index contributed by atoms with van der Waals surface area (Å²) in [4.78, 5) is 12.9. The van der Waals surface area contributed by atoms with Crippen LogP contribution in [0.3, 0.4) is 0 Å². The second-order valence-electron chi connectivity index (χ2n) is 4.75. The minimum absolute atomic E-state index is 0.0846. The number of rotatable bonds is 3. The normalized spacial score (nSPS) is 23.9. The summed E-state index contributed by atoms with van der Waals surface area (Å²) >= 11 is 6.93. The quantitative estimate of drug-likeness (QED) is 0.886. The summed E-state index contributed by atoms with van der Waals surface area (Å²) in [5.41, 5.74) is 1.14. The zero-order chi connectivity index (χ0) is 13.1. The van der Waals surface area contributed by atoms with Crippen LogP contribution in [0.2, 0.25) is 0 Å². The second kappa shape index (κ2) is 6.44. The molecule has 0 spiro atoms. The molecule has 0 unspecified atom stereocenters. The fourth-order valence-electron chi connectivity index (χ4n) is 2.27. The van der Waals surface area contributed by atoms with E-state index in [9.17, 15) is 4.79 Å². The number of carbonyl (C=O) groups is 1. The highest BCUT2D eigenvalue weighted by atomic mass is 79.9. The molecule has 100 valence electrons. The Morgan fingerprint density at radius 3 is 2.61 bits per heavy atom. The lowest BCUT2D eigenvalue weighted by Gasteiger charge is -2.27. The maximum Gasteiger partial charge on any atom is 0.261 e. The highest BCUT2D eigenvalue weighted by molar-refractivity contribution is 9.11. The molecule has 1 fully saturated rings. The van der Waals surface area contributed by atoms with Gasteiger partial charge >= 0.3 is 0 Å². The zero-order valence-electron chi connectivity index (χ0n) is 10.7. The molecule has 0 radical (unpaired) electrons. The molecule has 1 aliphatic rings. The number of thiophene rings is 1. The Bertz CT molecular complexity index is 405. The van der Waals surface area contributed by atoms with Gasteiger partial charge in [0.25, 0.3) is 5.91 Å². The van der Waals surface area contributed by atoms with Gasteiger partial charge in [0.2, 0.25) is 0 Å². The highest BCUT2D eigenvalue weighted by Gasteiger charge is 2.22. The van der Waals surface area contributed by atoms with Crippen molar-refractivity contribution in [2.75, 3.05) is 6.26 Å². The molecule has 18 heavy (non-hydrogen) atoms. The number of aryl methyl sites for hydroxylation is 1. The van der Waals surface area contributed by atoms with Gasteiger partial charge in [-0.15, -0.1) is 11.3 Å². The van der Waals surface area contributed by atoms with Crippen LogP contribution in [0, 0.1) is 6.92 Å². The average Bonchev–Trinajstić information content (AvgIpc) is 2.71. The van der Waals surface area contributed by atoms with Gasteiger partial charge in [-0.05, 0) is 66.4 Å². The van der Waals surface area contributed by atoms with Crippen LogP contribution in [0.15, 0.2) is 9.85 Å². The predicted molar refractivity (Wildman–Crippen MR) is 83.8 cm³/mol. The SMILES string of the molecule is CSC1CCC(NC(=O)c2cc(C)c(Br)s2)CC1. The number of thioether (sulfide) groups is 1. The van der Waals surface area contributed by atoms with Crippen LogP contribution in [0.5, 0.6) is 0 Å². The molecule has 1 aromatic heterocycles. The fraction of sp³-hybridized carbons (Fsp3) is 0.615. The zero-order valence-corrected chi connectivity index (χ0v) is 13.9. The van der Waals surface area contributed by atoms with Gasteiger partial charge < -0.3 is 5.32 Å². The average molecular weight is 348 g/mol. The van der Waals surface area contributed by atoms with Crippen molar-refractivity contribution in [1.82, 2.24) is 5.32 Å². The molecule has 2 rings (SSSR count). The number of carbonyl (C=O) groups excluding carboxylic acids is 1. The third-order valence-corrected chi connectivity index (χ3v) is 6.70. The van der Waals surface area contributed by atoms with E-state index in [1.54, 1.807) is 0 Å². The van der Waals surface area contributed by atoms with Gasteiger partial charge in [0.05, 0.1) is 8.66 Å². The van der Waals surface area contributed by atoms with Gasteiger partial charge in [0.1, 0.15) is 0 Å². The largest absolute Gasteiger partial charge is 0.349 e. The molecule has 2 nitrogen and oxygen atoms in total. The topological polar surface area (TPSA) is 29.1 Å². The van der Waals surface area contributed by atoms with Crippen molar-refractivity contribution < 1.29 is 4.79 Å². The van der Waals surface area contributed by atoms with Crippen LogP contribution in [0.1, 0.15) is 40.9 Å². The lowest BCUT2D eigenvalue weighted by molar-refractivity contribution is 0.0932. The molecule has 1 N–H and O–H groups in total. The Labute approximate surface area is 125 Å². The smallest absolute Gasteiger partial charge is 0.261 e. The minimum Gasteiger partial charge on any atom is -0.349 e. The first kappa shape index (κ1) is 14.4. The van der Waals surface area contributed by atoms with Crippen molar-refractivity contribution in [3.8, 4) is 0 Å². The molecule has 1 saturated carbocycles. The summed E-state index contributed by atoms with van der Waals surface area (Å²) in [7, 11) is 0. The van der Waals surface area contributed by atoms with E-state index < -0.39 is 0 Å². The monoisotopic (exact) mass is 347 g/mol. The van der Waals surface area contributed by atoms with Crippen molar-refractivity contribution in [2.45, 2.75) is 43.9 Å². The predicted octanol–water partition coefficient (Wildman–Crippen LogP) is 4.22. The Balaban J connectivity index is 1.88. The number of nitrogens with one attached hydrogen (secondary N) is 1. The van der Waals surface area contributed by atoms with E-state index in [-0.39, 0.29) is 5.91 Å². The summed E-state index contributed by atoms with van der Waals surface area (Å²) in [5, 5.41) is 3.95. The van der Waals surface area contributed by atoms with Gasteiger partial charge in [0, 0.05) is 11.3 Å². The highest BCUT2D eigenvalue weighted by Crippen LogP contribution is 2.29. The summed E-state index contributed by atoms with van der Waals surface area (Å²) in [5.74, 6) is 0.0846. The third-order valence-electron chi connectivity index (χ3n) is 3.42. The van der Waals surface area contributed by atoms with Gasteiger partial charge in [-0.2, -0.15) is 11.8 Å². The molecule has 0 aliphatic heterocycles. The maximum absolute atomic E-state index is 12.1. The van der Waals surface area contributed by atoms with Crippen molar-refractivity contribution in [1.29, 1.82) is 0 Å². The molecule has 1 amide bonds. The van der Waals surface area contributed by atoms with Crippen LogP contribution in [-0.2, 0) is 0 Å². The molecule has 0 saturated heterocycles. The van der Waals surface area contributed by atoms with Crippen molar-refractivity contribution in [3.05, 3.63) is 20.3 Å². The van der Waals surface area contributed by atoms with Crippen LogP contribution in [0.25, 0.3) is 0 Å². The lowest BCUT2D eigenvalue weighted by atomic mass is 9.95. The molecule has 0 atom stereocenters. The summed E-state index contributed by atoms with van der Waals surface area (Å²) in [6.07, 6.45) is 6.85. The number of halogens is 1. The van der Waals surface area contributed by atoms with Gasteiger partial charge in [0.15, 0.2) is 0 Å². The molecule has 1 aromatic rings. The molecular weight excluding hydrogens is 330 g/mol. The van der Waals surface area contributed by atoms with Crippen LogP contribution in [-0.4, -0.2) is 23.5 Å². The van der Waals surface area contributed by atoms with Gasteiger partial charge in [-0.1, -0.05) is 0 Å². The summed E-state index contributed by atoms with van der Waals surface area (Å²) in [6.45, 7) is 2.01. The maximum atomic E-state index is 12.1. The Morgan fingerprint density at radius 2 is 2.11 bits per heavy atom. The van der Waals surface area contributed by atoms with Crippen molar-refractivity contribution in [2.24, 2.45) is 0 Å². The number of amides is 1. The molecule has 1 heterocycles. The van der Waals surface area contributed by atoms with Crippen molar-refractivity contribution in [3.63, 3.8) is 0 Å². The van der Waals surface area contributed by atoms with E-state index in [1.807, 2.05) is 24.8 Å². The van der Waals surface area contributed by atoms with Crippen LogP contribution in [0.4, 0.5) is 0 Å². The first-order valence-electron chi connectivity index (χ1n) is 6.19. The molecule has 0 aromatic carbocycles. The van der Waals surface area contributed by atoms with E-state index in [2.05, 4.69) is 27.5 Å². The van der Waals surface area contributed by atoms with Crippen LogP contribution < -0.4 is 5.32 Å². The summed E-state index contributed by atoms with van der Waals surface area (Å²) < 4.78 is 1.05. The first-order chi connectivity index (χ1) is 8.60. The second-order valence-corrected chi connectivity index (χ2v) is 8.26. The summed E-state index contributed by atoms with van der Waals surface area (Å²) in [6, 6.07) is 2.32. The Morgan fingerprint density at radius 1 is 1.44 bits per heavy atom. The first-order valence-corrected chi connectivity index (χ1v) is 9.09. The van der Waals surface area contributed by atoms with E-state index in [0.717, 1.165) is 32.3 Å². The Kier molecular flexibility index (Phi) is 5.15. The van der Waals surface area contributed by atoms with E-state index >= 15 is 0 Å². The van der Waals surface area contributed by atoms with Gasteiger partial charge in [-0.25, -0.2) is 0 Å². The van der Waals surface area contributed by atoms with Crippen molar-refractivity contribution >= 4 is 44.9 Å². The van der Waals surface area contributed by atoms with E-state index in [4.69, 9.17) is 0 Å². The molecule has 0 bridgehead atoms. The minimum atomic E-state index is 0.0846. The number of hydrogen-bond acceptors (Lipinski definition) is 3. The fourth-order valence-corrected chi connectivity index (χ4v) is 4.45. The molecule has 1 aliphatic carbocycles. The van der Waals surface area contributed by atoms with Gasteiger partial charge in [-0.3, -0.25) is 4.79 Å². The number of hydrogen-bond donors (Lipinski definition) is 1. The third kappa shape index (κ3) is 3.52. The standard InChI is InChI=1S/C13H18BrNOS2/c1-8-7-11(18-12(8)14)13(16)15-9-3-5-10(17-2)6-4-9/h7,9-10H,3-6H2,1-2H3,(H,15,16). The lowest BCUT2D eigenvalue weighted by Crippen LogP contribution is -2.37. The Hall–Kier alpha value is -0.0000000000000000833. The van der Waals surface area contributed by atoms with E-state index in [0.29, 0.717) is 6.04 Å². The molecule has 5 heteroatoms. The van der Waals surface area contributed by atoms with Crippen LogP contribution >= 0.6 is 39.0 Å².